The summed E-state index contributed by atoms with van der Waals surface area (Å²) >= 11 is 0. The molecule has 0 aromatic heterocycles. The van der Waals surface area contributed by atoms with Crippen LogP contribution in [0.25, 0.3) is 0 Å². The molecule has 1 aliphatic heterocycles. The van der Waals surface area contributed by atoms with E-state index < -0.39 is 5.54 Å². The maximum Gasteiger partial charge on any atom is 0.238 e. The lowest BCUT2D eigenvalue weighted by atomic mass is 9.81. The van der Waals surface area contributed by atoms with Gasteiger partial charge in [-0.25, -0.2) is 0 Å². The zero-order chi connectivity index (χ0) is 20.9. The van der Waals surface area contributed by atoms with Crippen molar-refractivity contribution in [3.05, 3.63) is 29.8 Å². The fraction of sp³-hybridized carbons (Fsp3) is 0.522. The highest BCUT2D eigenvalue weighted by molar-refractivity contribution is 5.80. The maximum absolute atomic E-state index is 12.7. The average molecular weight is 390 g/mol. The van der Waals surface area contributed by atoms with Crippen LogP contribution >= 0.6 is 0 Å². The van der Waals surface area contributed by atoms with Crippen molar-refractivity contribution in [1.29, 1.82) is 10.5 Å². The van der Waals surface area contributed by atoms with Gasteiger partial charge in [-0.1, -0.05) is 12.0 Å². The Morgan fingerprint density at radius 1 is 1.34 bits per heavy atom. The number of hydrogen-bond donors (Lipinski definition) is 1. The number of nitriles is 2. The summed E-state index contributed by atoms with van der Waals surface area (Å²) in [5, 5.41) is 21.9. The van der Waals surface area contributed by atoms with Gasteiger partial charge in [0, 0.05) is 12.1 Å². The predicted molar refractivity (Wildman–Crippen MR) is 109 cm³/mol. The Morgan fingerprint density at radius 3 is 2.76 bits per heavy atom. The van der Waals surface area contributed by atoms with Gasteiger partial charge in [-0.15, -0.1) is 6.42 Å². The molecule has 1 aliphatic carbocycles. The summed E-state index contributed by atoms with van der Waals surface area (Å²) in [6, 6.07) is 11.5. The summed E-state index contributed by atoms with van der Waals surface area (Å²) in [5.41, 5.74) is -0.663. The van der Waals surface area contributed by atoms with E-state index in [0.717, 1.165) is 37.9 Å². The lowest BCUT2D eigenvalue weighted by Crippen LogP contribution is -2.53. The van der Waals surface area contributed by atoms with E-state index >= 15 is 0 Å². The van der Waals surface area contributed by atoms with Crippen LogP contribution in [-0.4, -0.2) is 41.1 Å². The van der Waals surface area contributed by atoms with Gasteiger partial charge in [0.15, 0.2) is 5.54 Å². The zero-order valence-electron chi connectivity index (χ0n) is 16.8. The Morgan fingerprint density at radius 2 is 2.10 bits per heavy atom. The van der Waals surface area contributed by atoms with Crippen molar-refractivity contribution in [2.45, 2.75) is 62.6 Å². The van der Waals surface area contributed by atoms with Gasteiger partial charge >= 0.3 is 0 Å². The lowest BCUT2D eigenvalue weighted by molar-refractivity contribution is -0.132. The molecule has 29 heavy (non-hydrogen) atoms. The standard InChI is InChI=1S/C23H26N4O2/c1-3-23(17-25)10-5-13-27(23)21(28)16-26-22(2)11-8-19(9-12-22)29-20-7-4-6-18(14-20)15-24/h1,4,6-7,14,19,26H,5,8-13,16H2,2H3/t19-,22-,23-/m1/s1. The first-order valence-electron chi connectivity index (χ1n) is 10.0. The van der Waals surface area contributed by atoms with Crippen molar-refractivity contribution in [1.82, 2.24) is 10.2 Å². The van der Waals surface area contributed by atoms with Gasteiger partial charge in [-0.3, -0.25) is 4.79 Å². The molecule has 0 spiro atoms. The van der Waals surface area contributed by atoms with Crippen LogP contribution in [-0.2, 0) is 4.79 Å². The number of terminal acetylenes is 1. The van der Waals surface area contributed by atoms with Gasteiger partial charge in [-0.05, 0) is 63.6 Å². The second kappa shape index (κ2) is 8.56. The van der Waals surface area contributed by atoms with Crippen LogP contribution < -0.4 is 10.1 Å². The first-order valence-corrected chi connectivity index (χ1v) is 10.0. The van der Waals surface area contributed by atoms with Crippen molar-refractivity contribution < 1.29 is 9.53 Å². The van der Waals surface area contributed by atoms with E-state index in [9.17, 15) is 10.1 Å². The Kier molecular flexibility index (Phi) is 6.12. The minimum atomic E-state index is -1.09. The van der Waals surface area contributed by atoms with Gasteiger partial charge < -0.3 is 15.0 Å². The van der Waals surface area contributed by atoms with Gasteiger partial charge in [0.25, 0.3) is 0 Å². The molecule has 1 N–H and O–H groups in total. The van der Waals surface area contributed by atoms with E-state index in [2.05, 4.69) is 30.3 Å². The third-order valence-corrected chi connectivity index (χ3v) is 6.07. The third kappa shape index (κ3) is 4.53. The SMILES string of the molecule is C#C[C@]1(C#N)CCCN1C(=O)CN[C@]1(C)CC[C@@H](Oc2cccc(C#N)c2)CC1. The molecule has 1 aromatic carbocycles. The lowest BCUT2D eigenvalue weighted by Gasteiger charge is -2.39. The molecule has 1 atom stereocenters. The number of nitrogens with one attached hydrogen (secondary N) is 1. The number of ether oxygens (including phenoxy) is 1. The number of rotatable bonds is 5. The van der Waals surface area contributed by atoms with E-state index in [-0.39, 0.29) is 24.1 Å². The Bertz CT molecular complexity index is 867. The number of nitrogens with zero attached hydrogens (tertiary/aromatic N) is 3. The van der Waals surface area contributed by atoms with Gasteiger partial charge in [0.2, 0.25) is 5.91 Å². The Labute approximate surface area is 172 Å². The third-order valence-electron chi connectivity index (χ3n) is 6.07. The van der Waals surface area contributed by atoms with E-state index in [1.165, 1.54) is 0 Å². The minimum Gasteiger partial charge on any atom is -0.490 e. The van der Waals surface area contributed by atoms with Crippen molar-refractivity contribution in [2.24, 2.45) is 0 Å². The molecular weight excluding hydrogens is 364 g/mol. The molecule has 6 nitrogen and oxygen atoms in total. The van der Waals surface area contributed by atoms with Crippen LogP contribution in [0.1, 0.15) is 51.0 Å². The summed E-state index contributed by atoms with van der Waals surface area (Å²) in [7, 11) is 0. The Hall–Kier alpha value is -3.01. The normalized spacial score (nSPS) is 28.8. The molecule has 150 valence electrons. The fourth-order valence-corrected chi connectivity index (χ4v) is 4.19. The number of likely N-dealkylation sites (tertiary alicyclic amines) is 1. The smallest absolute Gasteiger partial charge is 0.238 e. The number of benzene rings is 1. The van der Waals surface area contributed by atoms with Crippen LogP contribution in [0.2, 0.25) is 0 Å². The first-order chi connectivity index (χ1) is 13.9. The average Bonchev–Trinajstić information content (AvgIpc) is 3.19. The molecule has 0 unspecified atom stereocenters. The molecule has 0 bridgehead atoms. The largest absolute Gasteiger partial charge is 0.490 e. The van der Waals surface area contributed by atoms with Crippen LogP contribution in [0.5, 0.6) is 5.75 Å². The van der Waals surface area contributed by atoms with Crippen molar-refractivity contribution >= 4 is 5.91 Å². The highest BCUT2D eigenvalue weighted by Gasteiger charge is 2.43. The van der Waals surface area contributed by atoms with Crippen molar-refractivity contribution in [2.75, 3.05) is 13.1 Å². The topological polar surface area (TPSA) is 89.2 Å². The van der Waals surface area contributed by atoms with Crippen molar-refractivity contribution in [3.63, 3.8) is 0 Å². The molecule has 0 radical (unpaired) electrons. The van der Waals surface area contributed by atoms with E-state index in [1.54, 1.807) is 17.0 Å². The van der Waals surface area contributed by atoms with Crippen LogP contribution in [0.4, 0.5) is 0 Å². The van der Waals surface area contributed by atoms with Crippen molar-refractivity contribution in [3.8, 4) is 30.2 Å². The molecule has 1 amide bonds. The predicted octanol–water partition coefficient (Wildman–Crippen LogP) is 2.75. The number of carbonyl (C=O) groups is 1. The number of hydrogen-bond acceptors (Lipinski definition) is 5. The molecule has 1 saturated carbocycles. The molecule has 3 rings (SSSR count). The molecule has 1 heterocycles. The van der Waals surface area contributed by atoms with E-state index in [4.69, 9.17) is 16.4 Å². The summed E-state index contributed by atoms with van der Waals surface area (Å²) < 4.78 is 6.04. The van der Waals surface area contributed by atoms with Gasteiger partial charge in [-0.2, -0.15) is 10.5 Å². The fourth-order valence-electron chi connectivity index (χ4n) is 4.19. The van der Waals surface area contributed by atoms with E-state index in [1.807, 2.05) is 12.1 Å². The summed E-state index contributed by atoms with van der Waals surface area (Å²) in [6.07, 6.45) is 10.4. The maximum atomic E-state index is 12.7. The van der Waals surface area contributed by atoms with Gasteiger partial charge in [0.1, 0.15) is 11.8 Å². The number of carbonyl (C=O) groups excluding carboxylic acids is 1. The molecule has 6 heteroatoms. The highest BCUT2D eigenvalue weighted by atomic mass is 16.5. The second-order valence-electron chi connectivity index (χ2n) is 8.14. The molecule has 2 fully saturated rings. The minimum absolute atomic E-state index is 0.0979. The van der Waals surface area contributed by atoms with Crippen LogP contribution in [0, 0.1) is 35.0 Å². The molecular formula is C23H26N4O2. The summed E-state index contributed by atoms with van der Waals surface area (Å²) in [4.78, 5) is 14.2. The second-order valence-corrected chi connectivity index (χ2v) is 8.14. The quantitative estimate of drug-likeness (QED) is 0.781. The molecule has 1 saturated heterocycles. The summed E-state index contributed by atoms with van der Waals surface area (Å²) in [5.74, 6) is 3.13. The van der Waals surface area contributed by atoms with Gasteiger partial charge in [0.05, 0.1) is 24.3 Å². The van der Waals surface area contributed by atoms with Crippen LogP contribution in [0.15, 0.2) is 24.3 Å². The first kappa shape index (κ1) is 20.7. The van der Waals surface area contributed by atoms with E-state index in [0.29, 0.717) is 18.5 Å². The Balaban J connectivity index is 1.51. The zero-order valence-corrected chi connectivity index (χ0v) is 16.8. The van der Waals surface area contributed by atoms with Crippen LogP contribution in [0.3, 0.4) is 0 Å². The highest BCUT2D eigenvalue weighted by Crippen LogP contribution is 2.32. The molecule has 1 aromatic rings. The number of amides is 1. The summed E-state index contributed by atoms with van der Waals surface area (Å²) in [6.45, 7) is 2.83. The molecule has 2 aliphatic rings. The monoisotopic (exact) mass is 390 g/mol.